The number of nitrogens with two attached hydrogens (primary N) is 1. The van der Waals surface area contributed by atoms with Crippen molar-refractivity contribution in [2.75, 3.05) is 5.73 Å². The van der Waals surface area contributed by atoms with Gasteiger partial charge in [-0.2, -0.15) is 0 Å². The molecule has 0 aliphatic heterocycles. The van der Waals surface area contributed by atoms with E-state index in [1.807, 2.05) is 72.8 Å². The van der Waals surface area contributed by atoms with Crippen LogP contribution in [-0.2, 0) is 6.61 Å². The van der Waals surface area contributed by atoms with Gasteiger partial charge in [0.1, 0.15) is 23.9 Å². The highest BCUT2D eigenvalue weighted by Crippen LogP contribution is 2.26. The van der Waals surface area contributed by atoms with E-state index in [4.69, 9.17) is 15.2 Å². The molecule has 3 heteroatoms. The molecule has 0 aliphatic rings. The van der Waals surface area contributed by atoms with E-state index in [2.05, 4.69) is 0 Å². The van der Waals surface area contributed by atoms with Gasteiger partial charge in [0.05, 0.1) is 0 Å². The van der Waals surface area contributed by atoms with Crippen LogP contribution < -0.4 is 15.2 Å². The van der Waals surface area contributed by atoms with E-state index in [1.165, 1.54) is 0 Å². The average molecular weight is 291 g/mol. The van der Waals surface area contributed by atoms with Crippen LogP contribution in [0.2, 0.25) is 0 Å². The van der Waals surface area contributed by atoms with Crippen molar-refractivity contribution in [1.82, 2.24) is 0 Å². The van der Waals surface area contributed by atoms with E-state index in [0.717, 1.165) is 17.1 Å². The van der Waals surface area contributed by atoms with Crippen LogP contribution in [-0.4, -0.2) is 0 Å². The third-order valence-corrected chi connectivity index (χ3v) is 3.15. The lowest BCUT2D eigenvalue weighted by Crippen LogP contribution is -1.95. The van der Waals surface area contributed by atoms with Crippen molar-refractivity contribution in [3.63, 3.8) is 0 Å². The van der Waals surface area contributed by atoms with Gasteiger partial charge in [0.25, 0.3) is 0 Å². The van der Waals surface area contributed by atoms with Gasteiger partial charge >= 0.3 is 0 Å². The van der Waals surface area contributed by atoms with Crippen LogP contribution in [0, 0.1) is 0 Å². The Kier molecular flexibility index (Phi) is 4.25. The molecule has 0 saturated carbocycles. The molecule has 3 aromatic rings. The molecule has 0 heterocycles. The number of hydrogen-bond acceptors (Lipinski definition) is 3. The predicted octanol–water partition coefficient (Wildman–Crippen LogP) is 4.64. The van der Waals surface area contributed by atoms with Crippen LogP contribution in [0.4, 0.5) is 5.69 Å². The quantitative estimate of drug-likeness (QED) is 0.696. The van der Waals surface area contributed by atoms with Crippen molar-refractivity contribution < 1.29 is 9.47 Å². The molecule has 0 radical (unpaired) electrons. The molecule has 0 spiro atoms. The highest BCUT2D eigenvalue weighted by molar-refractivity contribution is 5.45. The van der Waals surface area contributed by atoms with Crippen LogP contribution in [0.3, 0.4) is 0 Å². The topological polar surface area (TPSA) is 44.5 Å². The van der Waals surface area contributed by atoms with Gasteiger partial charge < -0.3 is 15.2 Å². The molecule has 0 fully saturated rings. The van der Waals surface area contributed by atoms with Crippen molar-refractivity contribution in [2.24, 2.45) is 0 Å². The van der Waals surface area contributed by atoms with Gasteiger partial charge in [-0.1, -0.05) is 42.5 Å². The Morgan fingerprint density at radius 3 is 2.14 bits per heavy atom. The van der Waals surface area contributed by atoms with Crippen molar-refractivity contribution in [3.05, 3.63) is 84.4 Å². The minimum atomic E-state index is 0.530. The normalized spacial score (nSPS) is 10.2. The molecule has 0 aromatic heterocycles. The fraction of sp³-hybridized carbons (Fsp3) is 0.0526. The summed E-state index contributed by atoms with van der Waals surface area (Å²) >= 11 is 0. The molecule has 22 heavy (non-hydrogen) atoms. The van der Waals surface area contributed by atoms with Gasteiger partial charge in [0.15, 0.2) is 0 Å². The van der Waals surface area contributed by atoms with Gasteiger partial charge in [-0.25, -0.2) is 0 Å². The summed E-state index contributed by atoms with van der Waals surface area (Å²) in [7, 11) is 0. The molecule has 0 atom stereocenters. The van der Waals surface area contributed by atoms with E-state index in [1.54, 1.807) is 6.07 Å². The van der Waals surface area contributed by atoms with Gasteiger partial charge in [0, 0.05) is 17.8 Å². The van der Waals surface area contributed by atoms with E-state index in [9.17, 15) is 0 Å². The van der Waals surface area contributed by atoms with E-state index in [0.29, 0.717) is 18.0 Å². The van der Waals surface area contributed by atoms with Crippen LogP contribution in [0.1, 0.15) is 5.56 Å². The Morgan fingerprint density at radius 1 is 0.682 bits per heavy atom. The Bertz CT molecular complexity index is 741. The molecular weight excluding hydrogens is 274 g/mol. The Balaban J connectivity index is 1.67. The second-order valence-corrected chi connectivity index (χ2v) is 4.92. The highest BCUT2D eigenvalue weighted by atomic mass is 16.5. The summed E-state index contributed by atoms with van der Waals surface area (Å²) in [5, 5.41) is 0. The van der Waals surface area contributed by atoms with Gasteiger partial charge in [0.2, 0.25) is 0 Å². The third-order valence-electron chi connectivity index (χ3n) is 3.15. The fourth-order valence-electron chi connectivity index (χ4n) is 2.08. The number of ether oxygens (including phenoxy) is 2. The van der Waals surface area contributed by atoms with Crippen molar-refractivity contribution in [3.8, 4) is 17.2 Å². The minimum Gasteiger partial charge on any atom is -0.489 e. The zero-order chi connectivity index (χ0) is 15.2. The molecule has 110 valence electrons. The number of benzene rings is 3. The van der Waals surface area contributed by atoms with E-state index in [-0.39, 0.29) is 0 Å². The summed E-state index contributed by atoms with van der Waals surface area (Å²) in [6.45, 7) is 0.530. The second kappa shape index (κ2) is 6.68. The van der Waals surface area contributed by atoms with E-state index >= 15 is 0 Å². The first-order valence-electron chi connectivity index (χ1n) is 7.10. The minimum absolute atomic E-state index is 0.530. The lowest BCUT2D eigenvalue weighted by molar-refractivity contribution is 0.304. The first-order chi connectivity index (χ1) is 10.8. The molecule has 0 aliphatic carbocycles. The zero-order valence-corrected chi connectivity index (χ0v) is 12.1. The summed E-state index contributed by atoms with van der Waals surface area (Å²) in [6.07, 6.45) is 0. The molecule has 2 N–H and O–H groups in total. The van der Waals surface area contributed by atoms with Crippen LogP contribution in [0.15, 0.2) is 78.9 Å². The first kappa shape index (κ1) is 14.0. The van der Waals surface area contributed by atoms with E-state index < -0.39 is 0 Å². The first-order valence-corrected chi connectivity index (χ1v) is 7.10. The summed E-state index contributed by atoms with van der Waals surface area (Å²) in [4.78, 5) is 0. The summed E-state index contributed by atoms with van der Waals surface area (Å²) < 4.78 is 11.6. The molecule has 0 saturated heterocycles. The van der Waals surface area contributed by atoms with Crippen molar-refractivity contribution in [2.45, 2.75) is 6.61 Å². The van der Waals surface area contributed by atoms with Gasteiger partial charge in [-0.3, -0.25) is 0 Å². The smallest absolute Gasteiger partial charge is 0.131 e. The van der Waals surface area contributed by atoms with Gasteiger partial charge in [-0.05, 0) is 29.8 Å². The maximum atomic E-state index is 5.79. The predicted molar refractivity (Wildman–Crippen MR) is 88.1 cm³/mol. The number of hydrogen-bond donors (Lipinski definition) is 1. The molecule has 3 nitrogen and oxygen atoms in total. The summed E-state index contributed by atoms with van der Waals surface area (Å²) in [6, 6.07) is 25.0. The molecule has 0 amide bonds. The largest absolute Gasteiger partial charge is 0.489 e. The number of rotatable bonds is 5. The fourth-order valence-corrected chi connectivity index (χ4v) is 2.08. The maximum absolute atomic E-state index is 5.79. The van der Waals surface area contributed by atoms with Crippen LogP contribution >= 0.6 is 0 Å². The molecule has 0 bridgehead atoms. The SMILES string of the molecule is Nc1cccc(Oc2cccc(OCc3ccccc3)c2)c1. The summed E-state index contributed by atoms with van der Waals surface area (Å²) in [5.74, 6) is 2.20. The second-order valence-electron chi connectivity index (χ2n) is 4.92. The standard InChI is InChI=1S/C19H17NO2/c20-16-8-4-10-18(12-16)22-19-11-5-9-17(13-19)21-14-15-6-2-1-3-7-15/h1-13H,14,20H2. The van der Waals surface area contributed by atoms with Crippen molar-refractivity contribution in [1.29, 1.82) is 0 Å². The lowest BCUT2D eigenvalue weighted by Gasteiger charge is -2.09. The van der Waals surface area contributed by atoms with Crippen LogP contribution in [0.5, 0.6) is 17.2 Å². The maximum Gasteiger partial charge on any atom is 0.131 e. The molecule has 3 aromatic carbocycles. The lowest BCUT2D eigenvalue weighted by atomic mass is 10.2. The zero-order valence-electron chi connectivity index (χ0n) is 12.1. The van der Waals surface area contributed by atoms with Crippen molar-refractivity contribution >= 4 is 5.69 Å². The Morgan fingerprint density at radius 2 is 1.36 bits per heavy atom. The third kappa shape index (κ3) is 3.79. The Hall–Kier alpha value is -2.94. The monoisotopic (exact) mass is 291 g/mol. The number of anilines is 1. The Labute approximate surface area is 129 Å². The van der Waals surface area contributed by atoms with Crippen LogP contribution in [0.25, 0.3) is 0 Å². The molecule has 0 unspecified atom stereocenters. The number of nitrogen functional groups attached to an aromatic ring is 1. The summed E-state index contributed by atoms with van der Waals surface area (Å²) in [5.41, 5.74) is 7.55. The molecule has 3 rings (SSSR count). The average Bonchev–Trinajstić information content (AvgIpc) is 2.54. The molecular formula is C19H17NO2. The van der Waals surface area contributed by atoms with Gasteiger partial charge in [-0.15, -0.1) is 0 Å². The highest BCUT2D eigenvalue weighted by Gasteiger charge is 2.01.